The summed E-state index contributed by atoms with van der Waals surface area (Å²) in [7, 11) is 0. The van der Waals surface area contributed by atoms with Gasteiger partial charge in [0.2, 0.25) is 0 Å². The Balaban J connectivity index is 1.91. The minimum atomic E-state index is -0.0937. The zero-order chi connectivity index (χ0) is 17.2. The van der Waals surface area contributed by atoms with Gasteiger partial charge in [0.05, 0.1) is 12.5 Å². The van der Waals surface area contributed by atoms with Crippen LogP contribution in [0.1, 0.15) is 37.8 Å². The summed E-state index contributed by atoms with van der Waals surface area (Å²) in [6.45, 7) is 4.93. The van der Waals surface area contributed by atoms with E-state index < -0.39 is 0 Å². The molecule has 1 unspecified atom stereocenters. The molecule has 3 heteroatoms. The highest BCUT2D eigenvalue weighted by molar-refractivity contribution is 5.72. The highest BCUT2D eigenvalue weighted by Gasteiger charge is 2.19. The Bertz CT molecular complexity index is 605. The van der Waals surface area contributed by atoms with Crippen LogP contribution in [-0.4, -0.2) is 12.6 Å². The number of hydrogen-bond acceptors (Lipinski definition) is 3. The maximum Gasteiger partial charge on any atom is 0.309 e. The molecule has 2 aromatic carbocycles. The molecule has 2 rings (SSSR count). The van der Waals surface area contributed by atoms with Crippen LogP contribution in [0.25, 0.3) is 0 Å². The van der Waals surface area contributed by atoms with E-state index in [9.17, 15) is 4.79 Å². The van der Waals surface area contributed by atoms with E-state index >= 15 is 0 Å². The van der Waals surface area contributed by atoms with Crippen molar-refractivity contribution in [2.45, 2.75) is 39.7 Å². The first-order valence-corrected chi connectivity index (χ1v) is 8.65. The van der Waals surface area contributed by atoms with Gasteiger partial charge in [-0.15, -0.1) is 0 Å². The quantitative estimate of drug-likeness (QED) is 0.622. The molecule has 2 aromatic rings. The van der Waals surface area contributed by atoms with Crippen molar-refractivity contribution >= 4 is 5.97 Å². The molecule has 0 spiro atoms. The average molecular weight is 326 g/mol. The Kier molecular flexibility index (Phi) is 7.34. The van der Waals surface area contributed by atoms with Crippen LogP contribution >= 0.6 is 0 Å². The molecule has 0 aliphatic carbocycles. The Morgan fingerprint density at radius 1 is 0.958 bits per heavy atom. The molecular formula is C21H26O3. The van der Waals surface area contributed by atoms with Crippen molar-refractivity contribution in [3.63, 3.8) is 0 Å². The lowest BCUT2D eigenvalue weighted by Gasteiger charge is -2.15. The van der Waals surface area contributed by atoms with Crippen LogP contribution in [0.2, 0.25) is 0 Å². The van der Waals surface area contributed by atoms with Crippen molar-refractivity contribution in [2.24, 2.45) is 5.92 Å². The maximum absolute atomic E-state index is 12.0. The molecule has 128 valence electrons. The molecule has 0 heterocycles. The highest BCUT2D eigenvalue weighted by atomic mass is 16.5. The Morgan fingerprint density at radius 2 is 1.67 bits per heavy atom. The summed E-state index contributed by atoms with van der Waals surface area (Å²) in [4.78, 5) is 12.0. The van der Waals surface area contributed by atoms with Crippen LogP contribution in [0.3, 0.4) is 0 Å². The van der Waals surface area contributed by atoms with Crippen molar-refractivity contribution < 1.29 is 14.3 Å². The minimum absolute atomic E-state index is 0.0639. The lowest BCUT2D eigenvalue weighted by Crippen LogP contribution is -2.20. The lowest BCUT2D eigenvalue weighted by molar-refractivity contribution is -0.148. The first kappa shape index (κ1) is 18.1. The highest BCUT2D eigenvalue weighted by Crippen LogP contribution is 2.19. The third-order valence-electron chi connectivity index (χ3n) is 3.91. The largest absolute Gasteiger partial charge is 0.489 e. The van der Waals surface area contributed by atoms with E-state index in [1.807, 2.05) is 61.5 Å². The molecule has 0 saturated heterocycles. The van der Waals surface area contributed by atoms with E-state index in [4.69, 9.17) is 9.47 Å². The summed E-state index contributed by atoms with van der Waals surface area (Å²) in [6, 6.07) is 18.1. The summed E-state index contributed by atoms with van der Waals surface area (Å²) in [5, 5.41) is 0. The number of carbonyl (C=O) groups is 1. The van der Waals surface area contributed by atoms with Gasteiger partial charge in [-0.2, -0.15) is 0 Å². The van der Waals surface area contributed by atoms with Gasteiger partial charge in [-0.1, -0.05) is 55.8 Å². The summed E-state index contributed by atoms with van der Waals surface area (Å²) >= 11 is 0. The van der Waals surface area contributed by atoms with Crippen LogP contribution < -0.4 is 4.74 Å². The van der Waals surface area contributed by atoms with Crippen molar-refractivity contribution in [3.05, 3.63) is 65.7 Å². The second-order valence-corrected chi connectivity index (χ2v) is 5.86. The number of rotatable bonds is 9. The van der Waals surface area contributed by atoms with E-state index in [1.165, 1.54) is 0 Å². The molecule has 0 radical (unpaired) electrons. The standard InChI is InChI=1S/C21H26O3/c1-3-8-19(21(22)23-4-2)15-17-11-13-20(14-12-17)24-16-18-9-6-5-7-10-18/h5-7,9-14,19H,3-4,8,15-16H2,1-2H3. The fourth-order valence-electron chi connectivity index (χ4n) is 2.66. The van der Waals surface area contributed by atoms with Crippen LogP contribution in [0.15, 0.2) is 54.6 Å². The molecule has 24 heavy (non-hydrogen) atoms. The van der Waals surface area contributed by atoms with Gasteiger partial charge in [0.25, 0.3) is 0 Å². The Morgan fingerprint density at radius 3 is 2.29 bits per heavy atom. The fraction of sp³-hybridized carbons (Fsp3) is 0.381. The third-order valence-corrected chi connectivity index (χ3v) is 3.91. The SMILES string of the molecule is CCCC(Cc1ccc(OCc2ccccc2)cc1)C(=O)OCC. The van der Waals surface area contributed by atoms with Crippen molar-refractivity contribution in [3.8, 4) is 5.75 Å². The Labute approximate surface area is 144 Å². The van der Waals surface area contributed by atoms with Gasteiger partial charge in [-0.05, 0) is 43.0 Å². The number of ether oxygens (including phenoxy) is 2. The molecule has 3 nitrogen and oxygen atoms in total. The maximum atomic E-state index is 12.0. The molecule has 0 bridgehead atoms. The monoisotopic (exact) mass is 326 g/mol. The second kappa shape index (κ2) is 9.76. The van der Waals surface area contributed by atoms with E-state index in [0.29, 0.717) is 19.6 Å². The van der Waals surface area contributed by atoms with Crippen LogP contribution in [0.4, 0.5) is 0 Å². The molecular weight excluding hydrogens is 300 g/mol. The number of esters is 1. The summed E-state index contributed by atoms with van der Waals surface area (Å²) in [5.41, 5.74) is 2.28. The van der Waals surface area contributed by atoms with Gasteiger partial charge in [0, 0.05) is 0 Å². The van der Waals surface area contributed by atoms with E-state index in [2.05, 4.69) is 6.92 Å². The molecule has 0 aliphatic rings. The van der Waals surface area contributed by atoms with Crippen molar-refractivity contribution in [2.75, 3.05) is 6.61 Å². The first-order valence-electron chi connectivity index (χ1n) is 8.65. The molecule has 0 saturated carbocycles. The second-order valence-electron chi connectivity index (χ2n) is 5.86. The zero-order valence-electron chi connectivity index (χ0n) is 14.5. The fourth-order valence-corrected chi connectivity index (χ4v) is 2.66. The number of carbonyl (C=O) groups excluding carboxylic acids is 1. The Hall–Kier alpha value is -2.29. The zero-order valence-corrected chi connectivity index (χ0v) is 14.5. The molecule has 0 N–H and O–H groups in total. The lowest BCUT2D eigenvalue weighted by atomic mass is 9.95. The van der Waals surface area contributed by atoms with Crippen LogP contribution in [-0.2, 0) is 22.6 Å². The third kappa shape index (κ3) is 5.73. The van der Waals surface area contributed by atoms with Gasteiger partial charge in [-0.25, -0.2) is 0 Å². The number of benzene rings is 2. The molecule has 0 fully saturated rings. The molecule has 0 amide bonds. The normalized spacial score (nSPS) is 11.8. The predicted molar refractivity (Wildman–Crippen MR) is 96.0 cm³/mol. The van der Waals surface area contributed by atoms with Crippen LogP contribution in [0, 0.1) is 5.92 Å². The topological polar surface area (TPSA) is 35.5 Å². The smallest absolute Gasteiger partial charge is 0.309 e. The predicted octanol–water partition coefficient (Wildman–Crippen LogP) is 4.79. The van der Waals surface area contributed by atoms with E-state index in [1.54, 1.807) is 0 Å². The van der Waals surface area contributed by atoms with Crippen molar-refractivity contribution in [1.82, 2.24) is 0 Å². The van der Waals surface area contributed by atoms with E-state index in [0.717, 1.165) is 29.7 Å². The minimum Gasteiger partial charge on any atom is -0.489 e. The molecule has 0 aromatic heterocycles. The van der Waals surface area contributed by atoms with Crippen molar-refractivity contribution in [1.29, 1.82) is 0 Å². The molecule has 1 atom stereocenters. The summed E-state index contributed by atoms with van der Waals surface area (Å²) < 4.78 is 11.0. The first-order chi connectivity index (χ1) is 11.7. The summed E-state index contributed by atoms with van der Waals surface area (Å²) in [6.07, 6.45) is 2.54. The van der Waals surface area contributed by atoms with Gasteiger partial charge < -0.3 is 9.47 Å². The van der Waals surface area contributed by atoms with Gasteiger partial charge >= 0.3 is 5.97 Å². The van der Waals surface area contributed by atoms with Gasteiger partial charge in [-0.3, -0.25) is 4.79 Å². The summed E-state index contributed by atoms with van der Waals surface area (Å²) in [5.74, 6) is 0.681. The van der Waals surface area contributed by atoms with Gasteiger partial charge in [0.1, 0.15) is 12.4 Å². The molecule has 0 aliphatic heterocycles. The van der Waals surface area contributed by atoms with E-state index in [-0.39, 0.29) is 11.9 Å². The average Bonchev–Trinajstić information content (AvgIpc) is 2.62. The van der Waals surface area contributed by atoms with Crippen LogP contribution in [0.5, 0.6) is 5.75 Å². The van der Waals surface area contributed by atoms with Gasteiger partial charge in [0.15, 0.2) is 0 Å². The number of hydrogen-bond donors (Lipinski definition) is 0.